The first-order chi connectivity index (χ1) is 6.99. The third kappa shape index (κ3) is 1.93. The predicted octanol–water partition coefficient (Wildman–Crippen LogP) is 1.45. The van der Waals surface area contributed by atoms with Gasteiger partial charge in [0.2, 0.25) is 0 Å². The van der Waals surface area contributed by atoms with Crippen LogP contribution in [-0.4, -0.2) is 24.2 Å². The van der Waals surface area contributed by atoms with Crippen molar-refractivity contribution < 1.29 is 28.2 Å². The van der Waals surface area contributed by atoms with Crippen LogP contribution in [0.3, 0.4) is 0 Å². The molecule has 6 heteroatoms. The summed E-state index contributed by atoms with van der Waals surface area (Å²) < 4.78 is 30.3. The standard InChI is InChI=1S/C9H6F2O4/c1-15-9(14)7-5(11)3-2-4(10)6(7)8(12)13/h2-3H,1H3,(H,12,13). The number of ether oxygens (including phenoxy) is 1. The van der Waals surface area contributed by atoms with Gasteiger partial charge < -0.3 is 9.84 Å². The highest BCUT2D eigenvalue weighted by atomic mass is 19.1. The maximum Gasteiger partial charge on any atom is 0.341 e. The van der Waals surface area contributed by atoms with Gasteiger partial charge in [0.15, 0.2) is 0 Å². The van der Waals surface area contributed by atoms with Gasteiger partial charge in [-0.1, -0.05) is 0 Å². The van der Waals surface area contributed by atoms with Crippen LogP contribution >= 0.6 is 0 Å². The zero-order valence-electron chi connectivity index (χ0n) is 7.58. The first-order valence-corrected chi connectivity index (χ1v) is 3.78. The maximum atomic E-state index is 13.1. The summed E-state index contributed by atoms with van der Waals surface area (Å²) in [5, 5.41) is 8.60. The number of carbonyl (C=O) groups excluding carboxylic acids is 1. The molecule has 0 radical (unpaired) electrons. The van der Waals surface area contributed by atoms with Crippen LogP contribution in [-0.2, 0) is 4.74 Å². The molecule has 0 spiro atoms. The largest absolute Gasteiger partial charge is 0.478 e. The SMILES string of the molecule is COC(=O)c1c(F)ccc(F)c1C(=O)O. The first kappa shape index (κ1) is 11.1. The number of methoxy groups -OCH3 is 1. The monoisotopic (exact) mass is 216 g/mol. The number of carbonyl (C=O) groups is 2. The molecule has 0 unspecified atom stereocenters. The Bertz CT molecular complexity index is 428. The van der Waals surface area contributed by atoms with E-state index >= 15 is 0 Å². The van der Waals surface area contributed by atoms with Gasteiger partial charge in [-0.2, -0.15) is 0 Å². The van der Waals surface area contributed by atoms with Crippen LogP contribution in [0.4, 0.5) is 8.78 Å². The normalized spacial score (nSPS) is 9.80. The molecule has 1 rings (SSSR count). The summed E-state index contributed by atoms with van der Waals surface area (Å²) in [7, 11) is 0.943. The molecule has 0 aliphatic heterocycles. The summed E-state index contributed by atoms with van der Waals surface area (Å²) >= 11 is 0. The molecule has 0 aliphatic rings. The van der Waals surface area contributed by atoms with Crippen molar-refractivity contribution in [2.45, 2.75) is 0 Å². The fourth-order valence-electron chi connectivity index (χ4n) is 1.06. The minimum absolute atomic E-state index is 0.630. The van der Waals surface area contributed by atoms with Gasteiger partial charge in [0.1, 0.15) is 22.8 Å². The quantitative estimate of drug-likeness (QED) is 0.760. The number of halogens is 2. The minimum atomic E-state index is -1.73. The number of carboxylic acid groups (broad SMARTS) is 1. The smallest absolute Gasteiger partial charge is 0.341 e. The molecule has 0 aromatic heterocycles. The van der Waals surface area contributed by atoms with Crippen molar-refractivity contribution in [3.63, 3.8) is 0 Å². The van der Waals surface area contributed by atoms with Crippen LogP contribution in [0.2, 0.25) is 0 Å². The lowest BCUT2D eigenvalue weighted by Gasteiger charge is -2.05. The number of esters is 1. The summed E-state index contributed by atoms with van der Waals surface area (Å²) in [6, 6.07) is 1.29. The van der Waals surface area contributed by atoms with Gasteiger partial charge >= 0.3 is 11.9 Å². The zero-order chi connectivity index (χ0) is 11.6. The van der Waals surface area contributed by atoms with Gasteiger partial charge in [-0.25, -0.2) is 18.4 Å². The molecule has 0 saturated heterocycles. The van der Waals surface area contributed by atoms with Crippen LogP contribution in [0.15, 0.2) is 12.1 Å². The Kier molecular flexibility index (Phi) is 2.99. The van der Waals surface area contributed by atoms with Crippen LogP contribution in [0.1, 0.15) is 20.7 Å². The molecule has 0 heterocycles. The molecule has 0 bridgehead atoms. The molecule has 4 nitrogen and oxygen atoms in total. The van der Waals surface area contributed by atoms with Gasteiger partial charge in [0.25, 0.3) is 0 Å². The lowest BCUT2D eigenvalue weighted by molar-refractivity contribution is 0.0574. The number of aromatic carboxylic acids is 1. The number of rotatable bonds is 2. The van der Waals surface area contributed by atoms with E-state index in [1.165, 1.54) is 0 Å². The van der Waals surface area contributed by atoms with E-state index in [2.05, 4.69) is 4.74 Å². The maximum absolute atomic E-state index is 13.1. The number of benzene rings is 1. The van der Waals surface area contributed by atoms with Crippen molar-refractivity contribution >= 4 is 11.9 Å². The topological polar surface area (TPSA) is 63.6 Å². The Morgan fingerprint density at radius 1 is 1.20 bits per heavy atom. The summed E-state index contributed by atoms with van der Waals surface area (Å²) in [5.74, 6) is -5.29. The third-order valence-electron chi connectivity index (χ3n) is 1.71. The predicted molar refractivity (Wildman–Crippen MR) is 44.7 cm³/mol. The molecular weight excluding hydrogens is 210 g/mol. The highest BCUT2D eigenvalue weighted by Gasteiger charge is 2.25. The minimum Gasteiger partial charge on any atom is -0.478 e. The average molecular weight is 216 g/mol. The van der Waals surface area contributed by atoms with Gasteiger partial charge in [0.05, 0.1) is 7.11 Å². The van der Waals surface area contributed by atoms with E-state index in [0.717, 1.165) is 7.11 Å². The van der Waals surface area contributed by atoms with Crippen molar-refractivity contribution in [3.05, 3.63) is 34.9 Å². The van der Waals surface area contributed by atoms with E-state index in [1.54, 1.807) is 0 Å². The fraction of sp³-hybridized carbons (Fsp3) is 0.111. The molecule has 0 fully saturated rings. The van der Waals surface area contributed by atoms with E-state index < -0.39 is 34.7 Å². The molecule has 15 heavy (non-hydrogen) atoms. The van der Waals surface area contributed by atoms with E-state index in [9.17, 15) is 18.4 Å². The van der Waals surface area contributed by atoms with E-state index in [1.807, 2.05) is 0 Å². The highest BCUT2D eigenvalue weighted by molar-refractivity contribution is 6.02. The third-order valence-corrected chi connectivity index (χ3v) is 1.71. The summed E-state index contributed by atoms with van der Waals surface area (Å²) in [5.41, 5.74) is -1.94. The van der Waals surface area contributed by atoms with Crippen molar-refractivity contribution in [1.29, 1.82) is 0 Å². The first-order valence-electron chi connectivity index (χ1n) is 3.78. The molecule has 0 aliphatic carbocycles. The Morgan fingerprint density at radius 2 is 1.67 bits per heavy atom. The van der Waals surface area contributed by atoms with Gasteiger partial charge in [-0.05, 0) is 12.1 Å². The van der Waals surface area contributed by atoms with Gasteiger partial charge in [-0.15, -0.1) is 0 Å². The highest BCUT2D eigenvalue weighted by Crippen LogP contribution is 2.18. The van der Waals surface area contributed by atoms with Crippen molar-refractivity contribution in [3.8, 4) is 0 Å². The number of hydrogen-bond acceptors (Lipinski definition) is 3. The number of carboxylic acids is 1. The second kappa shape index (κ2) is 4.04. The lowest BCUT2D eigenvalue weighted by atomic mass is 10.1. The Hall–Kier alpha value is -1.98. The van der Waals surface area contributed by atoms with Crippen LogP contribution in [0.5, 0.6) is 0 Å². The van der Waals surface area contributed by atoms with Crippen molar-refractivity contribution in [2.75, 3.05) is 7.11 Å². The van der Waals surface area contributed by atoms with Gasteiger partial charge in [-0.3, -0.25) is 0 Å². The molecular formula is C9H6F2O4. The number of hydrogen-bond donors (Lipinski definition) is 1. The van der Waals surface area contributed by atoms with Gasteiger partial charge in [0, 0.05) is 0 Å². The molecule has 0 atom stereocenters. The molecule has 80 valence electrons. The van der Waals surface area contributed by atoms with Crippen LogP contribution in [0, 0.1) is 11.6 Å². The summed E-state index contributed by atoms with van der Waals surface area (Å²) in [6.07, 6.45) is 0. The molecule has 0 amide bonds. The Labute approximate surface area is 83.1 Å². The second-order valence-electron chi connectivity index (χ2n) is 2.58. The molecule has 1 N–H and O–H groups in total. The van der Waals surface area contributed by atoms with E-state index in [0.29, 0.717) is 12.1 Å². The molecule has 1 aromatic rings. The van der Waals surface area contributed by atoms with E-state index in [-0.39, 0.29) is 0 Å². The van der Waals surface area contributed by atoms with Crippen LogP contribution in [0.25, 0.3) is 0 Å². The Morgan fingerprint density at radius 3 is 2.07 bits per heavy atom. The van der Waals surface area contributed by atoms with Crippen molar-refractivity contribution in [1.82, 2.24) is 0 Å². The Balaban J connectivity index is 3.52. The van der Waals surface area contributed by atoms with Crippen molar-refractivity contribution in [2.24, 2.45) is 0 Å². The zero-order valence-corrected chi connectivity index (χ0v) is 7.58. The van der Waals surface area contributed by atoms with E-state index in [4.69, 9.17) is 5.11 Å². The summed E-state index contributed by atoms with van der Waals surface area (Å²) in [4.78, 5) is 21.6. The second-order valence-corrected chi connectivity index (χ2v) is 2.58. The average Bonchev–Trinajstić information content (AvgIpc) is 2.19. The molecule has 1 aromatic carbocycles. The fourth-order valence-corrected chi connectivity index (χ4v) is 1.06. The lowest BCUT2D eigenvalue weighted by Crippen LogP contribution is -2.14. The summed E-state index contributed by atoms with van der Waals surface area (Å²) in [6.45, 7) is 0. The van der Waals surface area contributed by atoms with Crippen LogP contribution < -0.4 is 0 Å². The molecule has 0 saturated carbocycles.